The molecular weight excluding hydrogens is 670 g/mol. The highest BCUT2D eigenvalue weighted by molar-refractivity contribution is 8.00. The minimum atomic E-state index is -3.47. The van der Waals surface area contributed by atoms with Crippen LogP contribution in [0.15, 0.2) is 65.3 Å². The molecule has 2 amide bonds. The van der Waals surface area contributed by atoms with E-state index in [-0.39, 0.29) is 27.7 Å². The van der Waals surface area contributed by atoms with Crippen LogP contribution >= 0.6 is 23.4 Å². The van der Waals surface area contributed by atoms with Crippen LogP contribution in [0.25, 0.3) is 0 Å². The number of anilines is 1. The van der Waals surface area contributed by atoms with Gasteiger partial charge < -0.3 is 14.4 Å². The molecule has 1 saturated carbocycles. The van der Waals surface area contributed by atoms with E-state index in [1.165, 1.54) is 28.2 Å². The number of nitrogens with zero attached hydrogens (tertiary/aromatic N) is 4. The van der Waals surface area contributed by atoms with Gasteiger partial charge in [0.2, 0.25) is 0 Å². The number of hydrogen-bond acceptors (Lipinski definition) is 8. The number of carbonyl (C=O) groups excluding carboxylic acids is 2. The highest BCUT2D eigenvalue weighted by Gasteiger charge is 2.45. The van der Waals surface area contributed by atoms with E-state index < -0.39 is 21.7 Å². The van der Waals surface area contributed by atoms with Crippen molar-refractivity contribution in [2.24, 2.45) is 23.2 Å². The number of rotatable bonds is 3. The average Bonchev–Trinajstić information content (AvgIpc) is 3.43. The lowest BCUT2D eigenvalue weighted by Crippen LogP contribution is -2.48. The molecule has 13 heteroatoms. The fraction of sp³-hybridized carbons (Fsp3) is 0.457. The van der Waals surface area contributed by atoms with E-state index in [9.17, 15) is 13.8 Å². The van der Waals surface area contributed by atoms with Crippen LogP contribution in [0.1, 0.15) is 57.5 Å². The van der Waals surface area contributed by atoms with E-state index in [0.29, 0.717) is 43.6 Å². The summed E-state index contributed by atoms with van der Waals surface area (Å²) in [6, 6.07) is 11.5. The predicted octanol–water partition coefficient (Wildman–Crippen LogP) is 5.80. The van der Waals surface area contributed by atoms with Crippen LogP contribution < -0.4 is 14.4 Å². The highest BCUT2D eigenvalue weighted by atomic mass is 35.5. The predicted molar refractivity (Wildman–Crippen MR) is 189 cm³/mol. The largest absolute Gasteiger partial charge is 0.490 e. The van der Waals surface area contributed by atoms with Gasteiger partial charge in [0.1, 0.15) is 22.3 Å². The van der Waals surface area contributed by atoms with Crippen molar-refractivity contribution < 1.29 is 23.3 Å². The number of nitrogens with one attached hydrogen (secondary N) is 1. The van der Waals surface area contributed by atoms with Gasteiger partial charge in [0.15, 0.2) is 0 Å². The highest BCUT2D eigenvalue weighted by Crippen LogP contribution is 2.49. The van der Waals surface area contributed by atoms with Gasteiger partial charge in [0, 0.05) is 44.0 Å². The van der Waals surface area contributed by atoms with Crippen molar-refractivity contribution in [1.82, 2.24) is 14.5 Å². The van der Waals surface area contributed by atoms with Gasteiger partial charge in [-0.15, -0.1) is 16.1 Å². The third-order valence-electron chi connectivity index (χ3n) is 9.95. The van der Waals surface area contributed by atoms with E-state index in [1.54, 1.807) is 20.2 Å². The molecule has 1 fully saturated rings. The smallest absolute Gasteiger partial charge is 0.286 e. The standard InChI is InChI=1S/C35H40ClN5O5S2/c1-40-19-26(18-37-40)34(43)39-48(44)15-5-3-4-6-31(45-2)28-10-7-25(28)20-41-21-35(29-11-9-27(36)16-23(29)13-14-47-35)22-46-32-12-8-24(17-30(32)41)33(42)38-48/h4,6,8-9,11-12,16-19,25,28,31H,3,5,7,10,13-15,20-22H2,1-2H3,(H,38,39,42,43,44)/b6-4+/t25-,28+,31-,35+,48?/m0/s1. The van der Waals surface area contributed by atoms with E-state index in [0.717, 1.165) is 42.3 Å². The van der Waals surface area contributed by atoms with E-state index in [4.69, 9.17) is 21.1 Å². The Labute approximate surface area is 290 Å². The number of fused-ring (bicyclic) bond motifs is 4. The molecule has 7 rings (SSSR count). The fourth-order valence-corrected chi connectivity index (χ4v) is 10.6. The molecule has 10 nitrogen and oxygen atoms in total. The van der Waals surface area contributed by atoms with Crippen molar-refractivity contribution in [2.75, 3.05) is 43.2 Å². The van der Waals surface area contributed by atoms with Crippen molar-refractivity contribution in [1.29, 1.82) is 0 Å². The molecule has 2 aromatic carbocycles. The number of allylic oxidation sites excluding steroid dienone is 1. The summed E-state index contributed by atoms with van der Waals surface area (Å²) >= 11 is 8.35. The third kappa shape index (κ3) is 6.64. The number of aryl methyl sites for hydroxylation is 2. The summed E-state index contributed by atoms with van der Waals surface area (Å²) < 4.78 is 34.7. The minimum absolute atomic E-state index is 0.0160. The lowest BCUT2D eigenvalue weighted by atomic mass is 9.70. The SMILES string of the molecule is CO[C@H]1/C=C/CCCS(=O)(NC(=O)c2cnn(C)c2)=NC(=O)c2ccc3c(c2)N(C[C@@H]2CC[C@H]21)C[C@]1(CO3)SCCc2cc(Cl)ccc21. The quantitative estimate of drug-likeness (QED) is 0.340. The van der Waals surface area contributed by atoms with Gasteiger partial charge in [-0.2, -0.15) is 5.10 Å². The van der Waals surface area contributed by atoms with Crippen molar-refractivity contribution >= 4 is 50.8 Å². The number of thioether (sulfide) groups is 1. The molecule has 0 saturated heterocycles. The Morgan fingerprint density at radius 3 is 2.88 bits per heavy atom. The molecular formula is C35H40ClN5O5S2. The van der Waals surface area contributed by atoms with Crippen LogP contribution in [0, 0.1) is 11.8 Å². The Morgan fingerprint density at radius 2 is 2.10 bits per heavy atom. The molecule has 4 aliphatic rings. The monoisotopic (exact) mass is 709 g/mol. The molecule has 254 valence electrons. The second-order valence-electron chi connectivity index (χ2n) is 13.1. The van der Waals surface area contributed by atoms with Crippen LogP contribution in [-0.2, 0) is 32.9 Å². The Bertz CT molecular complexity index is 1890. The summed E-state index contributed by atoms with van der Waals surface area (Å²) in [4.78, 5) is 29.2. The maximum atomic E-state index is 14.2. The van der Waals surface area contributed by atoms with Crippen LogP contribution in [0.2, 0.25) is 5.02 Å². The summed E-state index contributed by atoms with van der Waals surface area (Å²) in [5.74, 6) is 1.14. The minimum Gasteiger partial charge on any atom is -0.490 e. The Balaban J connectivity index is 1.29. The maximum Gasteiger partial charge on any atom is 0.286 e. The third-order valence-corrected chi connectivity index (χ3v) is 13.4. The summed E-state index contributed by atoms with van der Waals surface area (Å²) in [6.07, 6.45) is 11.2. The fourth-order valence-electron chi connectivity index (χ4n) is 7.32. The zero-order valence-electron chi connectivity index (χ0n) is 27.1. The summed E-state index contributed by atoms with van der Waals surface area (Å²) in [6.45, 7) is 1.93. The van der Waals surface area contributed by atoms with E-state index in [1.807, 2.05) is 30.0 Å². The maximum absolute atomic E-state index is 14.2. The number of methoxy groups -OCH3 is 1. The molecule has 4 heterocycles. The average molecular weight is 710 g/mol. The van der Waals surface area contributed by atoms with E-state index >= 15 is 0 Å². The number of ether oxygens (including phenoxy) is 2. The van der Waals surface area contributed by atoms with Gasteiger partial charge in [0.05, 0.1) is 34.1 Å². The number of aromatic nitrogens is 2. The molecule has 48 heavy (non-hydrogen) atoms. The second-order valence-corrected chi connectivity index (χ2v) is 17.1. The Morgan fingerprint density at radius 1 is 1.23 bits per heavy atom. The van der Waals surface area contributed by atoms with Gasteiger partial charge in [-0.05, 0) is 91.2 Å². The Kier molecular flexibility index (Phi) is 9.36. The van der Waals surface area contributed by atoms with Crippen LogP contribution in [0.4, 0.5) is 5.69 Å². The molecule has 1 aliphatic carbocycles. The molecule has 5 atom stereocenters. The zero-order valence-corrected chi connectivity index (χ0v) is 29.5. The van der Waals surface area contributed by atoms with Crippen LogP contribution in [-0.4, -0.2) is 70.2 Å². The molecule has 1 N–H and O–H groups in total. The second kappa shape index (κ2) is 13.5. The van der Waals surface area contributed by atoms with Crippen LogP contribution in [0.5, 0.6) is 5.75 Å². The number of hydrogen-bond donors (Lipinski definition) is 1. The topological polar surface area (TPSA) is 115 Å². The lowest BCUT2D eigenvalue weighted by molar-refractivity contribution is 0.0134. The first kappa shape index (κ1) is 33.2. The van der Waals surface area contributed by atoms with Gasteiger partial charge in [-0.3, -0.25) is 19.0 Å². The molecule has 3 aliphatic heterocycles. The molecule has 1 aromatic heterocycles. The summed E-state index contributed by atoms with van der Waals surface area (Å²) in [5, 5.41) is 4.77. The number of benzene rings is 2. The normalized spacial score (nSPS) is 29.4. The van der Waals surface area contributed by atoms with Crippen molar-refractivity contribution in [3.63, 3.8) is 0 Å². The number of amides is 2. The molecule has 1 spiro atoms. The molecule has 1 unspecified atom stereocenters. The number of halogens is 1. The molecule has 0 radical (unpaired) electrons. The van der Waals surface area contributed by atoms with Gasteiger partial charge >= 0.3 is 0 Å². The van der Waals surface area contributed by atoms with E-state index in [2.05, 4.69) is 43.4 Å². The summed E-state index contributed by atoms with van der Waals surface area (Å²) in [7, 11) is -0.0210. The zero-order chi connectivity index (χ0) is 33.5. The Hall–Kier alpha value is -3.32. The molecule has 3 aromatic rings. The number of carbonyl (C=O) groups is 2. The van der Waals surface area contributed by atoms with Gasteiger partial charge in [-0.1, -0.05) is 29.8 Å². The van der Waals surface area contributed by atoms with Crippen molar-refractivity contribution in [3.05, 3.63) is 88.2 Å². The first-order valence-electron chi connectivity index (χ1n) is 16.4. The van der Waals surface area contributed by atoms with Crippen molar-refractivity contribution in [2.45, 2.75) is 43.0 Å². The van der Waals surface area contributed by atoms with Crippen LogP contribution in [0.3, 0.4) is 0 Å². The van der Waals surface area contributed by atoms with Gasteiger partial charge in [0.25, 0.3) is 11.8 Å². The summed E-state index contributed by atoms with van der Waals surface area (Å²) in [5.41, 5.74) is 3.82. The van der Waals surface area contributed by atoms with Crippen molar-refractivity contribution in [3.8, 4) is 5.75 Å². The first-order chi connectivity index (χ1) is 23.1. The lowest BCUT2D eigenvalue weighted by Gasteiger charge is -2.45. The van der Waals surface area contributed by atoms with Gasteiger partial charge in [-0.25, -0.2) is 4.21 Å². The first-order valence-corrected chi connectivity index (χ1v) is 19.4. The molecule has 2 bridgehead atoms.